The second kappa shape index (κ2) is 31.0. The highest BCUT2D eigenvalue weighted by Gasteiger charge is 2.34. The highest BCUT2D eigenvalue weighted by molar-refractivity contribution is 5.97. The Balaban J connectivity index is 3.10. The van der Waals surface area contributed by atoms with E-state index in [4.69, 9.17) is 32.4 Å². The molecule has 0 spiro atoms. The van der Waals surface area contributed by atoms with Crippen LogP contribution in [0.3, 0.4) is 0 Å². The molecule has 1 aromatic rings. The van der Waals surface area contributed by atoms with Gasteiger partial charge >= 0.3 is 0 Å². The molecule has 0 saturated carbocycles. The lowest BCUT2D eigenvalue weighted by atomic mass is 9.98. The van der Waals surface area contributed by atoms with Gasteiger partial charge in [0.25, 0.3) is 0 Å². The molecule has 366 valence electrons. The molecular weight excluding hydrogens is 849 g/mol. The molecule has 0 aliphatic rings. The van der Waals surface area contributed by atoms with Gasteiger partial charge in [-0.05, 0) is 42.6 Å². The van der Waals surface area contributed by atoms with Crippen molar-refractivity contribution in [2.75, 3.05) is 52.7 Å². The van der Waals surface area contributed by atoms with Crippen LogP contribution in [0.5, 0.6) is 0 Å². The molecule has 6 atom stereocenters. The third-order valence-electron chi connectivity index (χ3n) is 9.50. The summed E-state index contributed by atoms with van der Waals surface area (Å²) in [5, 5.41) is 27.8. The monoisotopic (exact) mass is 921 g/mol. The summed E-state index contributed by atoms with van der Waals surface area (Å²) in [5.41, 5.74) is 22.2. The van der Waals surface area contributed by atoms with Crippen molar-refractivity contribution >= 4 is 53.2 Å². The zero-order valence-corrected chi connectivity index (χ0v) is 38.4. The van der Waals surface area contributed by atoms with Gasteiger partial charge in [0, 0.05) is 19.5 Å². The van der Waals surface area contributed by atoms with E-state index < -0.39 is 115 Å². The smallest absolute Gasteiger partial charge is 0.246 e. The van der Waals surface area contributed by atoms with Crippen LogP contribution in [-0.2, 0) is 54.3 Å². The summed E-state index contributed by atoms with van der Waals surface area (Å²) in [5.74, 6) is -7.25. The van der Waals surface area contributed by atoms with E-state index in [0.717, 1.165) is 0 Å². The molecule has 0 radical (unpaired) electrons. The largest absolute Gasteiger partial charge is 0.394 e. The Bertz CT molecular complexity index is 1710. The maximum Gasteiger partial charge on any atom is 0.246 e. The first-order valence-corrected chi connectivity index (χ1v) is 21.6. The highest BCUT2D eigenvalue weighted by atomic mass is 16.5. The summed E-state index contributed by atoms with van der Waals surface area (Å²) >= 11 is 0. The lowest BCUT2D eigenvalue weighted by molar-refractivity contribution is -0.137. The Morgan fingerprint density at radius 2 is 1.20 bits per heavy atom. The van der Waals surface area contributed by atoms with Crippen molar-refractivity contribution in [3.05, 3.63) is 35.9 Å². The first kappa shape index (κ1) is 57.1. The fraction of sp³-hybridized carbons (Fsp3) is 0.643. The van der Waals surface area contributed by atoms with Gasteiger partial charge in [0.05, 0.1) is 33.0 Å². The van der Waals surface area contributed by atoms with Crippen molar-refractivity contribution in [3.8, 4) is 0 Å². The lowest BCUT2D eigenvalue weighted by Gasteiger charge is -2.29. The molecule has 1 rings (SSSR count). The maximum atomic E-state index is 13.9. The number of amides is 8. The number of nitrogens with zero attached hydrogens (tertiary/aromatic N) is 1. The minimum atomic E-state index is -1.43. The Kier molecular flexibility index (Phi) is 27.3. The predicted molar refractivity (Wildman–Crippen MR) is 241 cm³/mol. The summed E-state index contributed by atoms with van der Waals surface area (Å²) in [6.45, 7) is 9.61. The molecule has 0 bridgehead atoms. The lowest BCUT2D eigenvalue weighted by Crippen LogP contribution is -2.61. The van der Waals surface area contributed by atoms with Crippen LogP contribution >= 0.6 is 0 Å². The summed E-state index contributed by atoms with van der Waals surface area (Å²) < 4.78 is 10.4. The standard InChI is InChI=1S/C42H72N12O11/c1-24(2)19-29(38(60)51-28(36(44)58)13-10-15-47-42(45)46)49-32(56)21-48-37(59)30(20-27-11-8-7-9-12-27)52-40(62)34(25(3)4)54-41(63)35(26(5)6)53-39(61)31(22-55)50-33(57)23-65-18-17-64-16-14-43/h7-9,11-12,24-26,28-31,34-35,55H,10,13-23,43H2,1-6H3,(H2,44,58)(H,48,59)(H,49,56)(H,50,57)(H,51,60)(H,52,62)(H,53,61)(H,54,63)(H4,45,46,47)/t28-,29-,30-,31-,34-,35-/m0/s1. The molecule has 0 aliphatic heterocycles. The second-order valence-electron chi connectivity index (χ2n) is 16.3. The molecule has 0 unspecified atom stereocenters. The number of ether oxygens (including phenoxy) is 2. The number of primary amides is 1. The molecular formula is C42H72N12O11. The van der Waals surface area contributed by atoms with Gasteiger partial charge in [0.2, 0.25) is 47.3 Å². The number of aliphatic imine (C=N–C) groups is 1. The van der Waals surface area contributed by atoms with E-state index in [1.54, 1.807) is 58.0 Å². The van der Waals surface area contributed by atoms with E-state index in [-0.39, 0.29) is 50.9 Å². The van der Waals surface area contributed by atoms with Gasteiger partial charge in [-0.15, -0.1) is 0 Å². The van der Waals surface area contributed by atoms with Crippen LogP contribution in [0.2, 0.25) is 0 Å². The maximum absolute atomic E-state index is 13.9. The van der Waals surface area contributed by atoms with Gasteiger partial charge in [-0.1, -0.05) is 71.9 Å². The second-order valence-corrected chi connectivity index (χ2v) is 16.3. The van der Waals surface area contributed by atoms with Gasteiger partial charge in [-0.25, -0.2) is 0 Å². The number of rotatable bonds is 32. The van der Waals surface area contributed by atoms with E-state index in [2.05, 4.69) is 42.2 Å². The van der Waals surface area contributed by atoms with Crippen molar-refractivity contribution in [2.24, 2.45) is 45.7 Å². The molecule has 65 heavy (non-hydrogen) atoms. The number of nitrogens with one attached hydrogen (secondary N) is 7. The molecule has 23 nitrogen and oxygen atoms in total. The van der Waals surface area contributed by atoms with Crippen LogP contribution in [-0.4, -0.2) is 147 Å². The summed E-state index contributed by atoms with van der Waals surface area (Å²) in [6, 6.07) is 1.44. The average molecular weight is 921 g/mol. The number of guanidine groups is 1. The highest BCUT2D eigenvalue weighted by Crippen LogP contribution is 2.11. The number of hydrogen-bond acceptors (Lipinski definition) is 13. The molecule has 23 heteroatoms. The number of benzene rings is 1. The molecule has 0 aromatic heterocycles. The fourth-order valence-corrected chi connectivity index (χ4v) is 6.09. The first-order valence-electron chi connectivity index (χ1n) is 21.6. The number of carbonyl (C=O) groups excluding carboxylic acids is 8. The SMILES string of the molecule is CC(C)C[C@H](NC(=O)CNC(=O)[C@H](Cc1ccccc1)NC(=O)[C@@H](NC(=O)[C@@H](NC(=O)[C@H](CO)NC(=O)COCCOCCN)C(C)C)C(C)C)C(=O)N[C@@H](CCCN=C(N)N)C(N)=O. The van der Waals surface area contributed by atoms with Crippen LogP contribution < -0.4 is 60.2 Å². The van der Waals surface area contributed by atoms with Crippen LogP contribution in [0.25, 0.3) is 0 Å². The number of aliphatic hydroxyl groups excluding tert-OH is 1. The quantitative estimate of drug-likeness (QED) is 0.0187. The number of hydrogen-bond donors (Lipinski definition) is 12. The molecule has 1 aromatic carbocycles. The molecule has 16 N–H and O–H groups in total. The van der Waals surface area contributed by atoms with Crippen LogP contribution in [0.15, 0.2) is 35.3 Å². The van der Waals surface area contributed by atoms with Crippen LogP contribution in [0.1, 0.15) is 66.4 Å². The third kappa shape index (κ3) is 23.6. The zero-order valence-electron chi connectivity index (χ0n) is 38.4. The van der Waals surface area contributed by atoms with Crippen LogP contribution in [0.4, 0.5) is 0 Å². The molecule has 8 amide bonds. The van der Waals surface area contributed by atoms with Crippen molar-refractivity contribution in [3.63, 3.8) is 0 Å². The molecule has 0 aliphatic carbocycles. The Hall–Kier alpha value is -5.91. The summed E-state index contributed by atoms with van der Waals surface area (Å²) in [7, 11) is 0. The summed E-state index contributed by atoms with van der Waals surface area (Å²) in [4.78, 5) is 109. The third-order valence-corrected chi connectivity index (χ3v) is 9.50. The minimum absolute atomic E-state index is 0.0130. The predicted octanol–water partition coefficient (Wildman–Crippen LogP) is -3.86. The minimum Gasteiger partial charge on any atom is -0.394 e. The van der Waals surface area contributed by atoms with Gasteiger partial charge in [0.15, 0.2) is 5.96 Å². The van der Waals surface area contributed by atoms with Gasteiger partial charge in [-0.2, -0.15) is 0 Å². The van der Waals surface area contributed by atoms with Crippen molar-refractivity contribution in [2.45, 2.75) is 103 Å². The molecule has 0 fully saturated rings. The van der Waals surface area contributed by atoms with E-state index in [1.807, 2.05) is 13.8 Å². The first-order chi connectivity index (χ1) is 30.7. The van der Waals surface area contributed by atoms with Crippen molar-refractivity contribution in [1.82, 2.24) is 37.2 Å². The normalized spacial score (nSPS) is 13.9. The van der Waals surface area contributed by atoms with Crippen molar-refractivity contribution in [1.29, 1.82) is 0 Å². The summed E-state index contributed by atoms with van der Waals surface area (Å²) in [6.07, 6.45) is 0.640. The van der Waals surface area contributed by atoms with Gasteiger partial charge in [0.1, 0.15) is 42.9 Å². The van der Waals surface area contributed by atoms with Crippen LogP contribution in [0, 0.1) is 17.8 Å². The van der Waals surface area contributed by atoms with Crippen molar-refractivity contribution < 1.29 is 52.9 Å². The van der Waals surface area contributed by atoms with E-state index in [1.165, 1.54) is 0 Å². The Labute approximate surface area is 380 Å². The van der Waals surface area contributed by atoms with Gasteiger partial charge < -0.3 is 74.7 Å². The van der Waals surface area contributed by atoms with E-state index >= 15 is 0 Å². The molecule has 0 heterocycles. The zero-order chi connectivity index (χ0) is 49.1. The van der Waals surface area contributed by atoms with E-state index in [0.29, 0.717) is 25.1 Å². The topological polar surface area (TPSA) is 376 Å². The Morgan fingerprint density at radius 3 is 1.75 bits per heavy atom. The number of nitrogens with two attached hydrogens (primary N) is 4. The number of carbonyl (C=O) groups is 8. The van der Waals surface area contributed by atoms with Gasteiger partial charge in [-0.3, -0.25) is 43.3 Å². The number of aliphatic hydroxyl groups is 1. The molecule has 0 saturated heterocycles. The fourth-order valence-electron chi connectivity index (χ4n) is 6.09. The Morgan fingerprint density at radius 1 is 0.646 bits per heavy atom. The average Bonchev–Trinajstić information content (AvgIpc) is 3.24. The van der Waals surface area contributed by atoms with E-state index in [9.17, 15) is 43.5 Å².